The molecule has 0 bridgehead atoms. The first kappa shape index (κ1) is 24.9. The van der Waals surface area contributed by atoms with Crippen molar-refractivity contribution < 1.29 is 27.9 Å². The third kappa shape index (κ3) is 4.43. The molecule has 2 aromatic rings. The van der Waals surface area contributed by atoms with Crippen molar-refractivity contribution in [3.8, 4) is 6.07 Å². The third-order valence-corrected chi connectivity index (χ3v) is 7.09. The Labute approximate surface area is 209 Å². The normalized spacial score (nSPS) is 19.2. The van der Waals surface area contributed by atoms with Gasteiger partial charge in [-0.2, -0.15) is 5.26 Å². The number of nitrogens with one attached hydrogen (secondary N) is 1. The molecule has 1 saturated heterocycles. The number of carbonyl (C=O) groups excluding carboxylic acids is 3. The highest BCUT2D eigenvalue weighted by molar-refractivity contribution is 8.04. The molecule has 0 aromatic heterocycles. The number of nitrogens with two attached hydrogens (primary N) is 1. The molecule has 4 rings (SSSR count). The summed E-state index contributed by atoms with van der Waals surface area (Å²) in [4.78, 5) is 39.5. The van der Waals surface area contributed by atoms with Gasteiger partial charge in [0.05, 0.1) is 41.7 Å². The lowest BCUT2D eigenvalue weighted by Gasteiger charge is -2.32. The summed E-state index contributed by atoms with van der Waals surface area (Å²) in [5.74, 6) is -5.90. The van der Waals surface area contributed by atoms with Crippen LogP contribution >= 0.6 is 11.8 Å². The molecule has 2 amide bonds. The van der Waals surface area contributed by atoms with Crippen molar-refractivity contribution in [2.24, 2.45) is 5.73 Å². The summed E-state index contributed by atoms with van der Waals surface area (Å²) in [7, 11) is 1.17. The van der Waals surface area contributed by atoms with Crippen LogP contribution in [-0.2, 0) is 25.7 Å². The topological polar surface area (TPSA) is 126 Å². The molecule has 2 atom stereocenters. The van der Waals surface area contributed by atoms with Gasteiger partial charge in [0.15, 0.2) is 0 Å². The van der Waals surface area contributed by atoms with Crippen molar-refractivity contribution >= 4 is 29.5 Å². The van der Waals surface area contributed by atoms with E-state index in [9.17, 15) is 28.4 Å². The Morgan fingerprint density at radius 3 is 2.44 bits per heavy atom. The second kappa shape index (κ2) is 10.2. The minimum Gasteiger partial charge on any atom is -0.469 e. The van der Waals surface area contributed by atoms with Crippen LogP contribution in [0.4, 0.5) is 8.78 Å². The molecular formula is C25H20F2N4O4S. The zero-order valence-corrected chi connectivity index (χ0v) is 19.8. The number of amides is 2. The van der Waals surface area contributed by atoms with Gasteiger partial charge in [-0.05, 0) is 17.7 Å². The molecule has 2 heterocycles. The largest absolute Gasteiger partial charge is 0.469 e. The van der Waals surface area contributed by atoms with Crippen LogP contribution < -0.4 is 11.1 Å². The van der Waals surface area contributed by atoms with Gasteiger partial charge in [0.2, 0.25) is 5.91 Å². The van der Waals surface area contributed by atoms with E-state index < -0.39 is 46.1 Å². The van der Waals surface area contributed by atoms with Crippen molar-refractivity contribution in [1.29, 1.82) is 5.26 Å². The van der Waals surface area contributed by atoms with Gasteiger partial charge in [-0.3, -0.25) is 19.3 Å². The molecule has 0 saturated carbocycles. The monoisotopic (exact) mass is 510 g/mol. The Balaban J connectivity index is 1.87. The maximum Gasteiger partial charge on any atom is 0.307 e. The number of hydrogen-bond acceptors (Lipinski definition) is 7. The summed E-state index contributed by atoms with van der Waals surface area (Å²) >= 11 is 0.857. The molecule has 0 aliphatic carbocycles. The number of halogens is 2. The van der Waals surface area contributed by atoms with E-state index in [0.29, 0.717) is 0 Å². The van der Waals surface area contributed by atoms with Crippen LogP contribution in [0.15, 0.2) is 70.5 Å². The first-order valence-electron chi connectivity index (χ1n) is 10.8. The predicted molar refractivity (Wildman–Crippen MR) is 126 cm³/mol. The number of fused-ring (bicyclic) bond motifs is 1. The lowest BCUT2D eigenvalue weighted by atomic mass is 9.82. The molecule has 3 N–H and O–H groups in total. The van der Waals surface area contributed by atoms with Gasteiger partial charge in [0, 0.05) is 12.1 Å². The second-order valence-corrected chi connectivity index (χ2v) is 9.12. The number of benzene rings is 2. The van der Waals surface area contributed by atoms with E-state index in [0.717, 1.165) is 40.4 Å². The zero-order chi connectivity index (χ0) is 26.0. The molecule has 0 spiro atoms. The lowest BCUT2D eigenvalue weighted by Crippen LogP contribution is -2.40. The van der Waals surface area contributed by atoms with Gasteiger partial charge in [-0.25, -0.2) is 8.78 Å². The average molecular weight is 511 g/mol. The Morgan fingerprint density at radius 2 is 1.83 bits per heavy atom. The Kier molecular flexibility index (Phi) is 7.07. The first-order valence-corrected chi connectivity index (χ1v) is 11.6. The number of ether oxygens (including phenoxy) is 1. The van der Waals surface area contributed by atoms with Crippen molar-refractivity contribution in [3.05, 3.63) is 93.3 Å². The minimum absolute atomic E-state index is 0.00335. The van der Waals surface area contributed by atoms with Gasteiger partial charge in [-0.1, -0.05) is 48.2 Å². The summed E-state index contributed by atoms with van der Waals surface area (Å²) in [5, 5.41) is 11.6. The van der Waals surface area contributed by atoms with Crippen LogP contribution in [0.3, 0.4) is 0 Å². The molecule has 0 unspecified atom stereocenters. The van der Waals surface area contributed by atoms with Crippen molar-refractivity contribution in [2.75, 3.05) is 7.11 Å². The highest BCUT2D eigenvalue weighted by Gasteiger charge is 2.49. The SMILES string of the molecule is COC(=O)C[C@H]1SC2=C(C(=O)NCc3ccccc3)[C@@H](c3c(F)cccc3F)C(C#N)=C(N)N2C1=O. The molecule has 1 fully saturated rings. The zero-order valence-electron chi connectivity index (χ0n) is 19.0. The van der Waals surface area contributed by atoms with E-state index in [1.54, 1.807) is 30.3 Å². The Morgan fingerprint density at radius 1 is 1.17 bits per heavy atom. The molecular weight excluding hydrogens is 490 g/mol. The van der Waals surface area contributed by atoms with Crippen LogP contribution in [0.5, 0.6) is 0 Å². The maximum absolute atomic E-state index is 15.0. The average Bonchev–Trinajstić information content (AvgIpc) is 3.18. The van der Waals surface area contributed by atoms with Crippen molar-refractivity contribution in [1.82, 2.24) is 10.2 Å². The highest BCUT2D eigenvalue weighted by atomic mass is 32.2. The van der Waals surface area contributed by atoms with E-state index in [1.165, 1.54) is 7.11 Å². The third-order valence-electron chi connectivity index (χ3n) is 5.81. The van der Waals surface area contributed by atoms with E-state index >= 15 is 0 Å². The van der Waals surface area contributed by atoms with Gasteiger partial charge < -0.3 is 15.8 Å². The quantitative estimate of drug-likeness (QED) is 0.573. The smallest absolute Gasteiger partial charge is 0.307 e. The summed E-state index contributed by atoms with van der Waals surface area (Å²) in [6, 6.07) is 13.9. The number of hydrogen-bond donors (Lipinski definition) is 2. The van der Waals surface area contributed by atoms with Gasteiger partial charge >= 0.3 is 5.97 Å². The molecule has 2 aliphatic rings. The molecule has 36 heavy (non-hydrogen) atoms. The van der Waals surface area contributed by atoms with E-state index in [4.69, 9.17) is 5.73 Å². The predicted octanol–water partition coefficient (Wildman–Crippen LogP) is 2.79. The van der Waals surface area contributed by atoms with E-state index in [-0.39, 0.29) is 35.0 Å². The fourth-order valence-electron chi connectivity index (χ4n) is 4.09. The Hall–Kier alpha value is -4.17. The Bertz CT molecular complexity index is 1330. The molecule has 2 aliphatic heterocycles. The number of thioether (sulfide) groups is 1. The summed E-state index contributed by atoms with van der Waals surface area (Å²) in [6.07, 6.45) is -0.327. The summed E-state index contributed by atoms with van der Waals surface area (Å²) in [6.45, 7) is 0.0776. The van der Waals surface area contributed by atoms with Crippen molar-refractivity contribution in [3.63, 3.8) is 0 Å². The number of carbonyl (C=O) groups is 3. The van der Waals surface area contributed by atoms with Gasteiger partial charge in [-0.15, -0.1) is 0 Å². The number of methoxy groups -OCH3 is 1. The van der Waals surface area contributed by atoms with Crippen LogP contribution in [0.25, 0.3) is 0 Å². The van der Waals surface area contributed by atoms with E-state index in [1.807, 2.05) is 6.07 Å². The number of esters is 1. The molecule has 11 heteroatoms. The molecule has 184 valence electrons. The standard InChI is InChI=1S/C25H20F2N4O4S/c1-35-18(32)10-17-24(34)31-22(29)14(11-28)19(20-15(26)8-5-9-16(20)27)21(25(31)36-17)23(33)30-12-13-6-3-2-4-7-13/h2-9,17,19H,10,12,29H2,1H3,(H,30,33)/t17-,19-/m1/s1. The first-order chi connectivity index (χ1) is 17.3. The fourth-order valence-corrected chi connectivity index (χ4v) is 5.42. The fraction of sp³-hybridized carbons (Fsp3) is 0.200. The molecule has 8 nitrogen and oxygen atoms in total. The van der Waals surface area contributed by atoms with Gasteiger partial charge in [0.25, 0.3) is 5.91 Å². The summed E-state index contributed by atoms with van der Waals surface area (Å²) in [5.41, 5.74) is 5.80. The van der Waals surface area contributed by atoms with Crippen LogP contribution in [0, 0.1) is 23.0 Å². The van der Waals surface area contributed by atoms with Crippen LogP contribution in [0.2, 0.25) is 0 Å². The minimum atomic E-state index is -1.52. The number of allylic oxidation sites excluding steroid dienone is 1. The van der Waals surface area contributed by atoms with Crippen molar-refractivity contribution in [2.45, 2.75) is 24.1 Å². The van der Waals surface area contributed by atoms with E-state index in [2.05, 4.69) is 10.1 Å². The number of rotatable bonds is 6. The lowest BCUT2D eigenvalue weighted by molar-refractivity contribution is -0.142. The second-order valence-electron chi connectivity index (χ2n) is 7.93. The van der Waals surface area contributed by atoms with Crippen LogP contribution in [0.1, 0.15) is 23.5 Å². The number of nitriles is 1. The number of nitrogens with zero attached hydrogens (tertiary/aromatic N) is 2. The van der Waals surface area contributed by atoms with Crippen LogP contribution in [-0.4, -0.2) is 35.0 Å². The molecule has 2 aromatic carbocycles. The highest BCUT2D eigenvalue weighted by Crippen LogP contribution is 2.50. The maximum atomic E-state index is 15.0. The molecule has 0 radical (unpaired) electrons. The van der Waals surface area contributed by atoms with Gasteiger partial charge in [0.1, 0.15) is 22.7 Å². The summed E-state index contributed by atoms with van der Waals surface area (Å²) < 4.78 is 34.6.